The van der Waals surface area contributed by atoms with Crippen LogP contribution < -0.4 is 24.8 Å². The summed E-state index contributed by atoms with van der Waals surface area (Å²) in [5.74, 6) is 1.84. The number of rotatable bonds is 11. The van der Waals surface area contributed by atoms with E-state index in [0.717, 1.165) is 24.3 Å². The molecule has 0 atom stereocenters. The summed E-state index contributed by atoms with van der Waals surface area (Å²) >= 11 is 0. The van der Waals surface area contributed by atoms with Crippen molar-refractivity contribution >= 4 is 17.3 Å². The Morgan fingerprint density at radius 2 is 1.61 bits per heavy atom. The Kier molecular flexibility index (Phi) is 8.17. The van der Waals surface area contributed by atoms with Crippen LogP contribution >= 0.6 is 0 Å². The molecule has 0 fully saturated rings. The average molecular weight is 421 g/mol. The normalized spacial score (nSPS) is 10.3. The van der Waals surface area contributed by atoms with Crippen LogP contribution in [0.2, 0.25) is 0 Å². The average Bonchev–Trinajstić information content (AvgIpc) is 2.82. The van der Waals surface area contributed by atoms with Gasteiger partial charge >= 0.3 is 0 Å². The molecule has 0 aliphatic heterocycles. The predicted octanol–water partition coefficient (Wildman–Crippen LogP) is 4.77. The van der Waals surface area contributed by atoms with Crippen LogP contribution in [0, 0.1) is 0 Å². The smallest absolute Gasteiger partial charge is 0.243 e. The number of ether oxygens (including phenoxy) is 3. The lowest BCUT2D eigenvalue weighted by molar-refractivity contribution is -0.114. The van der Waals surface area contributed by atoms with E-state index in [0.29, 0.717) is 23.8 Å². The van der Waals surface area contributed by atoms with Gasteiger partial charge in [-0.15, -0.1) is 0 Å². The molecule has 6 heteroatoms. The van der Waals surface area contributed by atoms with Crippen molar-refractivity contribution in [2.24, 2.45) is 0 Å². The van der Waals surface area contributed by atoms with Gasteiger partial charge in [-0.2, -0.15) is 0 Å². The van der Waals surface area contributed by atoms with E-state index in [1.165, 1.54) is 5.56 Å². The number of methoxy groups -OCH3 is 2. The first-order valence-electron chi connectivity index (χ1n) is 10.2. The molecule has 1 amide bonds. The lowest BCUT2D eigenvalue weighted by atomic mass is 10.1. The molecule has 3 aromatic rings. The van der Waals surface area contributed by atoms with Gasteiger partial charge in [-0.1, -0.05) is 30.3 Å². The highest BCUT2D eigenvalue weighted by Crippen LogP contribution is 2.28. The molecule has 0 aliphatic rings. The van der Waals surface area contributed by atoms with Crippen molar-refractivity contribution in [1.29, 1.82) is 0 Å². The molecule has 0 heterocycles. The van der Waals surface area contributed by atoms with Gasteiger partial charge in [0.25, 0.3) is 0 Å². The SMILES string of the molecule is COc1ccc(OC)c(NC(=O)CNc2ccc(OCCCc3ccccc3)cc2)c1. The lowest BCUT2D eigenvalue weighted by Crippen LogP contribution is -2.22. The maximum Gasteiger partial charge on any atom is 0.243 e. The highest BCUT2D eigenvalue weighted by atomic mass is 16.5. The Bertz CT molecular complexity index is 959. The molecule has 0 aromatic heterocycles. The zero-order valence-corrected chi connectivity index (χ0v) is 17.9. The van der Waals surface area contributed by atoms with Crippen molar-refractivity contribution in [2.75, 3.05) is 38.0 Å². The zero-order valence-electron chi connectivity index (χ0n) is 17.9. The summed E-state index contributed by atoms with van der Waals surface area (Å²) in [4.78, 5) is 12.3. The van der Waals surface area contributed by atoms with E-state index >= 15 is 0 Å². The molecule has 0 radical (unpaired) electrons. The molecule has 0 aliphatic carbocycles. The molecule has 0 saturated heterocycles. The van der Waals surface area contributed by atoms with E-state index in [4.69, 9.17) is 14.2 Å². The fraction of sp³-hybridized carbons (Fsp3) is 0.240. The maximum atomic E-state index is 12.3. The number of aryl methyl sites for hydroxylation is 1. The van der Waals surface area contributed by atoms with Crippen LogP contribution in [0.1, 0.15) is 12.0 Å². The van der Waals surface area contributed by atoms with Crippen molar-refractivity contribution < 1.29 is 19.0 Å². The van der Waals surface area contributed by atoms with Crippen molar-refractivity contribution in [3.63, 3.8) is 0 Å². The van der Waals surface area contributed by atoms with E-state index in [-0.39, 0.29) is 12.5 Å². The minimum atomic E-state index is -0.187. The van der Waals surface area contributed by atoms with Gasteiger partial charge < -0.3 is 24.8 Å². The van der Waals surface area contributed by atoms with Gasteiger partial charge in [-0.05, 0) is 54.8 Å². The summed E-state index contributed by atoms with van der Waals surface area (Å²) < 4.78 is 16.3. The summed E-state index contributed by atoms with van der Waals surface area (Å²) in [7, 11) is 3.13. The number of nitrogens with one attached hydrogen (secondary N) is 2. The summed E-state index contributed by atoms with van der Waals surface area (Å²) in [5.41, 5.74) is 2.72. The molecule has 0 bridgehead atoms. The Balaban J connectivity index is 1.42. The number of carbonyl (C=O) groups excluding carboxylic acids is 1. The number of hydrogen-bond donors (Lipinski definition) is 2. The molecule has 31 heavy (non-hydrogen) atoms. The molecular formula is C25H28N2O4. The highest BCUT2D eigenvalue weighted by Gasteiger charge is 2.09. The molecule has 2 N–H and O–H groups in total. The first-order chi connectivity index (χ1) is 15.2. The van der Waals surface area contributed by atoms with Crippen LogP contribution in [0.4, 0.5) is 11.4 Å². The van der Waals surface area contributed by atoms with Crippen molar-refractivity contribution in [3.8, 4) is 17.2 Å². The predicted molar refractivity (Wildman–Crippen MR) is 123 cm³/mol. The summed E-state index contributed by atoms with van der Waals surface area (Å²) in [6.45, 7) is 0.782. The number of amides is 1. The Morgan fingerprint density at radius 1 is 0.871 bits per heavy atom. The van der Waals surface area contributed by atoms with E-state index in [2.05, 4.69) is 34.9 Å². The molecule has 3 rings (SSSR count). The zero-order chi connectivity index (χ0) is 21.9. The Morgan fingerprint density at radius 3 is 2.32 bits per heavy atom. The van der Waals surface area contributed by atoms with Gasteiger partial charge in [-0.25, -0.2) is 0 Å². The van der Waals surface area contributed by atoms with E-state index in [1.807, 2.05) is 30.3 Å². The second-order valence-electron chi connectivity index (χ2n) is 6.93. The molecule has 0 saturated carbocycles. The summed E-state index contributed by atoms with van der Waals surface area (Å²) in [6.07, 6.45) is 1.95. The molecular weight excluding hydrogens is 392 g/mol. The second kappa shape index (κ2) is 11.5. The number of carbonyl (C=O) groups is 1. The van der Waals surface area contributed by atoms with E-state index in [1.54, 1.807) is 32.4 Å². The third kappa shape index (κ3) is 6.96. The number of hydrogen-bond acceptors (Lipinski definition) is 5. The van der Waals surface area contributed by atoms with Gasteiger partial charge in [0, 0.05) is 11.8 Å². The third-order valence-electron chi connectivity index (χ3n) is 4.71. The van der Waals surface area contributed by atoms with Crippen LogP contribution in [-0.4, -0.2) is 33.3 Å². The van der Waals surface area contributed by atoms with Gasteiger partial charge in [0.1, 0.15) is 17.2 Å². The summed E-state index contributed by atoms with van der Waals surface area (Å²) in [5, 5.41) is 5.94. The monoisotopic (exact) mass is 420 g/mol. The van der Waals surface area contributed by atoms with Crippen LogP contribution in [0.5, 0.6) is 17.2 Å². The van der Waals surface area contributed by atoms with Crippen molar-refractivity contribution in [2.45, 2.75) is 12.8 Å². The van der Waals surface area contributed by atoms with Gasteiger partial charge in [0.2, 0.25) is 5.91 Å². The van der Waals surface area contributed by atoms with E-state index in [9.17, 15) is 4.79 Å². The maximum absolute atomic E-state index is 12.3. The fourth-order valence-corrected chi connectivity index (χ4v) is 3.07. The third-order valence-corrected chi connectivity index (χ3v) is 4.71. The fourth-order valence-electron chi connectivity index (χ4n) is 3.07. The Labute approximate surface area is 183 Å². The molecule has 6 nitrogen and oxygen atoms in total. The topological polar surface area (TPSA) is 68.8 Å². The molecule has 0 unspecified atom stereocenters. The van der Waals surface area contributed by atoms with Crippen LogP contribution in [0.25, 0.3) is 0 Å². The van der Waals surface area contributed by atoms with Gasteiger partial charge in [-0.3, -0.25) is 4.79 Å². The quantitative estimate of drug-likeness (QED) is 0.438. The standard InChI is InChI=1S/C25H28N2O4/c1-29-22-14-15-24(30-2)23(17-22)27-25(28)18-26-20-10-12-21(13-11-20)31-16-6-9-19-7-4-3-5-8-19/h3-5,7-8,10-15,17,26H,6,9,16,18H2,1-2H3,(H,27,28). The molecule has 3 aromatic carbocycles. The van der Waals surface area contributed by atoms with Crippen LogP contribution in [0.15, 0.2) is 72.8 Å². The van der Waals surface area contributed by atoms with Gasteiger partial charge in [0.05, 0.1) is 33.1 Å². The summed E-state index contributed by atoms with van der Waals surface area (Å²) in [6, 6.07) is 23.2. The number of benzene rings is 3. The second-order valence-corrected chi connectivity index (χ2v) is 6.93. The van der Waals surface area contributed by atoms with Crippen LogP contribution in [0.3, 0.4) is 0 Å². The lowest BCUT2D eigenvalue weighted by Gasteiger charge is -2.13. The number of anilines is 2. The minimum Gasteiger partial charge on any atom is -0.497 e. The molecule has 0 spiro atoms. The first kappa shape index (κ1) is 22.0. The molecule has 162 valence electrons. The van der Waals surface area contributed by atoms with Gasteiger partial charge in [0.15, 0.2) is 0 Å². The van der Waals surface area contributed by atoms with Crippen molar-refractivity contribution in [1.82, 2.24) is 0 Å². The van der Waals surface area contributed by atoms with Crippen molar-refractivity contribution in [3.05, 3.63) is 78.4 Å². The largest absolute Gasteiger partial charge is 0.497 e. The first-order valence-corrected chi connectivity index (χ1v) is 10.2. The minimum absolute atomic E-state index is 0.123. The van der Waals surface area contributed by atoms with E-state index < -0.39 is 0 Å². The highest BCUT2D eigenvalue weighted by molar-refractivity contribution is 5.95. The Hall–Kier alpha value is -3.67. The van der Waals surface area contributed by atoms with Crippen LogP contribution in [-0.2, 0) is 11.2 Å².